The van der Waals surface area contributed by atoms with Gasteiger partial charge in [-0.1, -0.05) is 11.8 Å². The maximum absolute atomic E-state index is 11.1. The first-order valence-electron chi connectivity index (χ1n) is 5.86. The van der Waals surface area contributed by atoms with Gasteiger partial charge in [-0.3, -0.25) is 4.79 Å². The van der Waals surface area contributed by atoms with Crippen LogP contribution in [0.4, 0.5) is 0 Å². The number of hydrogen-bond acceptors (Lipinski definition) is 7. The Morgan fingerprint density at radius 2 is 2.21 bits per heavy atom. The number of amides is 1. The third-order valence-corrected chi connectivity index (χ3v) is 3.45. The zero-order chi connectivity index (χ0) is 14.1. The van der Waals surface area contributed by atoms with E-state index in [4.69, 9.17) is 9.47 Å². The van der Waals surface area contributed by atoms with Gasteiger partial charge < -0.3 is 14.8 Å². The summed E-state index contributed by atoms with van der Waals surface area (Å²) in [5.41, 5.74) is 0. The van der Waals surface area contributed by atoms with Gasteiger partial charge in [0, 0.05) is 33.4 Å². The topological polar surface area (TPSA) is 91.2 Å². The highest BCUT2D eigenvalue weighted by atomic mass is 32.2. The lowest BCUT2D eigenvalue weighted by Crippen LogP contribution is -2.22. The highest BCUT2D eigenvalue weighted by molar-refractivity contribution is 7.99. The predicted molar refractivity (Wildman–Crippen MR) is 69.6 cm³/mol. The van der Waals surface area contributed by atoms with Gasteiger partial charge in [-0.25, -0.2) is 4.68 Å². The van der Waals surface area contributed by atoms with Gasteiger partial charge in [0.15, 0.2) is 6.29 Å². The Balaban J connectivity index is 2.38. The molecule has 0 fully saturated rings. The first-order valence-corrected chi connectivity index (χ1v) is 6.85. The quantitative estimate of drug-likeness (QED) is 0.386. The molecule has 1 amide bonds. The van der Waals surface area contributed by atoms with E-state index in [1.54, 1.807) is 25.9 Å². The van der Waals surface area contributed by atoms with Gasteiger partial charge in [-0.15, -0.1) is 5.10 Å². The Kier molecular flexibility index (Phi) is 7.38. The van der Waals surface area contributed by atoms with Gasteiger partial charge in [-0.2, -0.15) is 0 Å². The minimum atomic E-state index is -0.381. The van der Waals surface area contributed by atoms with E-state index in [9.17, 15) is 4.79 Å². The third-order valence-electron chi connectivity index (χ3n) is 2.41. The number of nitrogens with one attached hydrogen (secondary N) is 1. The number of ether oxygens (including phenoxy) is 2. The van der Waals surface area contributed by atoms with Gasteiger partial charge >= 0.3 is 0 Å². The summed E-state index contributed by atoms with van der Waals surface area (Å²) in [4.78, 5) is 11.1. The van der Waals surface area contributed by atoms with Gasteiger partial charge in [0.2, 0.25) is 11.1 Å². The van der Waals surface area contributed by atoms with Crippen molar-refractivity contribution < 1.29 is 14.3 Å². The molecule has 0 aliphatic carbocycles. The van der Waals surface area contributed by atoms with Crippen molar-refractivity contribution in [1.82, 2.24) is 25.5 Å². The molecular formula is C10H19N5O3S. The smallest absolute Gasteiger partial charge is 0.219 e. The molecule has 0 atom stereocenters. The molecule has 1 rings (SSSR count). The molecule has 9 heteroatoms. The van der Waals surface area contributed by atoms with Crippen LogP contribution in [0.25, 0.3) is 0 Å². The highest BCUT2D eigenvalue weighted by Gasteiger charge is 2.12. The Bertz CT molecular complexity index is 383. The van der Waals surface area contributed by atoms with Crippen molar-refractivity contribution in [3.63, 3.8) is 0 Å². The van der Waals surface area contributed by atoms with Crippen molar-refractivity contribution in [3.05, 3.63) is 0 Å². The minimum Gasteiger partial charge on any atom is -0.359 e. The summed E-state index contributed by atoms with van der Waals surface area (Å²) in [6, 6.07) is 0. The van der Waals surface area contributed by atoms with Crippen molar-refractivity contribution in [2.75, 3.05) is 27.0 Å². The van der Waals surface area contributed by atoms with Crippen molar-refractivity contribution in [2.24, 2.45) is 0 Å². The van der Waals surface area contributed by atoms with Crippen LogP contribution < -0.4 is 5.32 Å². The van der Waals surface area contributed by atoms with Gasteiger partial charge in [0.05, 0.1) is 6.54 Å². The average molecular weight is 289 g/mol. The molecule has 8 nitrogen and oxygen atoms in total. The molecule has 0 unspecified atom stereocenters. The summed E-state index contributed by atoms with van der Waals surface area (Å²) in [7, 11) is 4.76. The molecule has 0 aliphatic heterocycles. The molecule has 0 radical (unpaired) electrons. The van der Waals surface area contributed by atoms with E-state index in [2.05, 4.69) is 20.8 Å². The average Bonchev–Trinajstić information content (AvgIpc) is 2.87. The van der Waals surface area contributed by atoms with Crippen molar-refractivity contribution >= 4 is 17.7 Å². The number of aromatic nitrogens is 4. The minimum absolute atomic E-state index is 0.0408. The van der Waals surface area contributed by atoms with Crippen LogP contribution in [0, 0.1) is 0 Å². The van der Waals surface area contributed by atoms with E-state index in [-0.39, 0.29) is 12.2 Å². The molecule has 19 heavy (non-hydrogen) atoms. The second-order valence-electron chi connectivity index (χ2n) is 3.67. The highest BCUT2D eigenvalue weighted by Crippen LogP contribution is 2.16. The second kappa shape index (κ2) is 8.83. The van der Waals surface area contributed by atoms with Crippen LogP contribution >= 0.6 is 11.8 Å². The lowest BCUT2D eigenvalue weighted by atomic mass is 10.3. The molecule has 0 spiro atoms. The van der Waals surface area contributed by atoms with E-state index in [0.29, 0.717) is 18.1 Å². The molecule has 1 heterocycles. The van der Waals surface area contributed by atoms with Crippen LogP contribution in [0.5, 0.6) is 0 Å². The first-order chi connectivity index (χ1) is 9.21. The van der Waals surface area contributed by atoms with Crippen molar-refractivity contribution in [1.29, 1.82) is 0 Å². The number of carbonyl (C=O) groups excluding carboxylic acids is 1. The summed E-state index contributed by atoms with van der Waals surface area (Å²) in [6.07, 6.45) is 0.896. The van der Waals surface area contributed by atoms with E-state index >= 15 is 0 Å². The number of thioether (sulfide) groups is 1. The molecule has 0 aliphatic rings. The summed E-state index contributed by atoms with van der Waals surface area (Å²) < 4.78 is 11.8. The van der Waals surface area contributed by atoms with E-state index < -0.39 is 0 Å². The van der Waals surface area contributed by atoms with Gasteiger partial charge in [0.1, 0.15) is 0 Å². The summed E-state index contributed by atoms with van der Waals surface area (Å²) in [5.74, 6) is 0.817. The zero-order valence-corrected chi connectivity index (χ0v) is 12.1. The largest absolute Gasteiger partial charge is 0.359 e. The monoisotopic (exact) mass is 289 g/mol. The van der Waals surface area contributed by atoms with Crippen LogP contribution in [0.2, 0.25) is 0 Å². The Labute approximate surface area is 116 Å². The fourth-order valence-electron chi connectivity index (χ4n) is 1.32. The first kappa shape index (κ1) is 15.9. The molecule has 0 bridgehead atoms. The molecule has 1 aromatic heterocycles. The van der Waals surface area contributed by atoms with Crippen LogP contribution in [0.1, 0.15) is 12.8 Å². The van der Waals surface area contributed by atoms with Crippen LogP contribution in [-0.2, 0) is 20.8 Å². The van der Waals surface area contributed by atoms with Gasteiger partial charge in [-0.05, 0) is 16.8 Å². The number of carbonyl (C=O) groups is 1. The lowest BCUT2D eigenvalue weighted by molar-refractivity contribution is -0.120. The molecule has 0 saturated heterocycles. The number of tetrazole rings is 1. The van der Waals surface area contributed by atoms with E-state index in [1.165, 1.54) is 11.8 Å². The van der Waals surface area contributed by atoms with E-state index in [1.807, 2.05) is 0 Å². The third kappa shape index (κ3) is 5.53. The maximum atomic E-state index is 11.1. The van der Waals surface area contributed by atoms with Crippen molar-refractivity contribution in [2.45, 2.75) is 30.8 Å². The Morgan fingerprint density at radius 1 is 1.47 bits per heavy atom. The zero-order valence-electron chi connectivity index (χ0n) is 11.3. The normalized spacial score (nSPS) is 10.9. The molecule has 0 aromatic carbocycles. The summed E-state index contributed by atoms with van der Waals surface area (Å²) in [6.45, 7) is 0.428. The molecule has 1 N–H and O–H groups in total. The van der Waals surface area contributed by atoms with E-state index in [0.717, 1.165) is 12.2 Å². The fraction of sp³-hybridized carbons (Fsp3) is 0.800. The standard InChI is InChI=1S/C10H19N5O3S/c1-11-8(16)5-4-6-19-10-12-13-14-15(10)7-9(17-2)18-3/h9H,4-7H2,1-3H3,(H,11,16). The number of methoxy groups -OCH3 is 2. The molecule has 108 valence electrons. The Morgan fingerprint density at radius 3 is 2.84 bits per heavy atom. The number of rotatable bonds is 9. The lowest BCUT2D eigenvalue weighted by Gasteiger charge is -2.13. The summed E-state index contributed by atoms with van der Waals surface area (Å²) in [5, 5.41) is 14.7. The number of hydrogen-bond donors (Lipinski definition) is 1. The number of nitrogens with zero attached hydrogens (tertiary/aromatic N) is 4. The predicted octanol–water partition coefficient (Wildman–Crippen LogP) is -0.0897. The second-order valence-corrected chi connectivity index (χ2v) is 4.73. The van der Waals surface area contributed by atoms with Crippen LogP contribution in [0.15, 0.2) is 5.16 Å². The summed E-state index contributed by atoms with van der Waals surface area (Å²) >= 11 is 1.50. The molecule has 0 saturated carbocycles. The maximum Gasteiger partial charge on any atom is 0.219 e. The SMILES string of the molecule is CNC(=O)CCCSc1nnnn1CC(OC)OC. The van der Waals surface area contributed by atoms with Crippen LogP contribution in [-0.4, -0.2) is 59.4 Å². The van der Waals surface area contributed by atoms with Gasteiger partial charge in [0.25, 0.3) is 0 Å². The van der Waals surface area contributed by atoms with Crippen LogP contribution in [0.3, 0.4) is 0 Å². The van der Waals surface area contributed by atoms with Crippen molar-refractivity contribution in [3.8, 4) is 0 Å². The molecular weight excluding hydrogens is 270 g/mol. The molecule has 1 aromatic rings. The Hall–Kier alpha value is -1.19. The fourth-order valence-corrected chi connectivity index (χ4v) is 2.15.